The summed E-state index contributed by atoms with van der Waals surface area (Å²) in [7, 11) is 0. The van der Waals surface area contributed by atoms with E-state index < -0.39 is 0 Å². The van der Waals surface area contributed by atoms with Crippen molar-refractivity contribution in [3.8, 4) is 5.75 Å². The van der Waals surface area contributed by atoms with Gasteiger partial charge < -0.3 is 15.2 Å². The summed E-state index contributed by atoms with van der Waals surface area (Å²) in [6, 6.07) is 4.18. The minimum Gasteiger partial charge on any atom is -0.508 e. The Kier molecular flexibility index (Phi) is 3.35. The van der Waals surface area contributed by atoms with Gasteiger partial charge in [0.25, 0.3) is 0 Å². The Morgan fingerprint density at radius 1 is 1.53 bits per heavy atom. The number of ether oxygens (including phenoxy) is 1. The summed E-state index contributed by atoms with van der Waals surface area (Å²) < 4.78 is 18.8. The van der Waals surface area contributed by atoms with Gasteiger partial charge in [-0.2, -0.15) is 0 Å². The SMILES string of the molecule is CC(NCC1(C)COC1)c1ccc(O)cc1F. The number of benzene rings is 1. The molecule has 4 heteroatoms. The van der Waals surface area contributed by atoms with E-state index in [1.54, 1.807) is 6.07 Å². The van der Waals surface area contributed by atoms with Gasteiger partial charge in [0.15, 0.2) is 0 Å². The molecule has 0 spiro atoms. The Bertz CT molecular complexity index is 404. The van der Waals surface area contributed by atoms with Crippen molar-refractivity contribution in [1.29, 1.82) is 0 Å². The maximum atomic E-state index is 13.6. The molecule has 94 valence electrons. The molecule has 0 radical (unpaired) electrons. The molecule has 1 unspecified atom stereocenters. The Hall–Kier alpha value is -1.13. The third-order valence-electron chi connectivity index (χ3n) is 3.19. The molecule has 1 aliphatic heterocycles. The predicted octanol–water partition coefficient (Wildman–Crippen LogP) is 2.22. The van der Waals surface area contributed by atoms with Crippen molar-refractivity contribution in [2.24, 2.45) is 5.41 Å². The number of nitrogens with one attached hydrogen (secondary N) is 1. The lowest BCUT2D eigenvalue weighted by atomic mass is 9.88. The van der Waals surface area contributed by atoms with Gasteiger partial charge in [0.05, 0.1) is 13.2 Å². The van der Waals surface area contributed by atoms with E-state index in [0.29, 0.717) is 5.56 Å². The van der Waals surface area contributed by atoms with Crippen LogP contribution in [0.5, 0.6) is 5.75 Å². The van der Waals surface area contributed by atoms with Gasteiger partial charge in [-0.25, -0.2) is 4.39 Å². The Balaban J connectivity index is 1.96. The summed E-state index contributed by atoms with van der Waals surface area (Å²) in [5, 5.41) is 12.4. The van der Waals surface area contributed by atoms with Gasteiger partial charge in [0.2, 0.25) is 0 Å². The van der Waals surface area contributed by atoms with Crippen LogP contribution in [0.15, 0.2) is 18.2 Å². The monoisotopic (exact) mass is 239 g/mol. The fourth-order valence-corrected chi connectivity index (χ4v) is 1.93. The van der Waals surface area contributed by atoms with Crippen LogP contribution in [0.1, 0.15) is 25.5 Å². The van der Waals surface area contributed by atoms with Crippen molar-refractivity contribution >= 4 is 0 Å². The van der Waals surface area contributed by atoms with Crippen LogP contribution in [0.2, 0.25) is 0 Å². The molecule has 1 aromatic rings. The van der Waals surface area contributed by atoms with Crippen LogP contribution in [0.3, 0.4) is 0 Å². The van der Waals surface area contributed by atoms with Crippen molar-refractivity contribution in [1.82, 2.24) is 5.32 Å². The average Bonchev–Trinajstić information content (AvgIpc) is 2.23. The van der Waals surface area contributed by atoms with E-state index in [2.05, 4.69) is 12.2 Å². The summed E-state index contributed by atoms with van der Waals surface area (Å²) >= 11 is 0. The minimum atomic E-state index is -0.375. The zero-order chi connectivity index (χ0) is 12.5. The molecule has 2 rings (SSSR count). The van der Waals surface area contributed by atoms with Crippen LogP contribution in [-0.4, -0.2) is 24.9 Å². The van der Waals surface area contributed by atoms with E-state index in [1.165, 1.54) is 6.07 Å². The molecule has 0 aromatic heterocycles. The van der Waals surface area contributed by atoms with Gasteiger partial charge in [0.1, 0.15) is 11.6 Å². The van der Waals surface area contributed by atoms with E-state index in [0.717, 1.165) is 25.8 Å². The van der Waals surface area contributed by atoms with E-state index in [-0.39, 0.29) is 23.0 Å². The Morgan fingerprint density at radius 3 is 2.76 bits per heavy atom. The second-order valence-electron chi connectivity index (χ2n) is 5.11. The second kappa shape index (κ2) is 4.63. The molecule has 0 amide bonds. The lowest BCUT2D eigenvalue weighted by Crippen LogP contribution is -2.47. The standard InChI is InChI=1S/C13H18FNO2/c1-9(15-6-13(2)7-17-8-13)11-4-3-10(16)5-12(11)14/h3-5,9,15-16H,6-8H2,1-2H3. The number of hydrogen-bond donors (Lipinski definition) is 2. The molecule has 0 bridgehead atoms. The van der Waals surface area contributed by atoms with Crippen molar-refractivity contribution < 1.29 is 14.2 Å². The maximum Gasteiger partial charge on any atom is 0.131 e. The van der Waals surface area contributed by atoms with Gasteiger partial charge in [-0.1, -0.05) is 13.0 Å². The fourth-order valence-electron chi connectivity index (χ4n) is 1.93. The lowest BCUT2D eigenvalue weighted by molar-refractivity contribution is -0.0999. The van der Waals surface area contributed by atoms with Crippen LogP contribution in [-0.2, 0) is 4.74 Å². The smallest absolute Gasteiger partial charge is 0.131 e. The quantitative estimate of drug-likeness (QED) is 0.846. The van der Waals surface area contributed by atoms with Crippen LogP contribution >= 0.6 is 0 Å². The van der Waals surface area contributed by atoms with Crippen LogP contribution in [0.4, 0.5) is 4.39 Å². The van der Waals surface area contributed by atoms with Crippen LogP contribution < -0.4 is 5.32 Å². The summed E-state index contributed by atoms with van der Waals surface area (Å²) in [5.74, 6) is -0.419. The summed E-state index contributed by atoms with van der Waals surface area (Å²) in [5.41, 5.74) is 0.744. The number of phenolic OH excluding ortho intramolecular Hbond substituents is 1. The average molecular weight is 239 g/mol. The van der Waals surface area contributed by atoms with Crippen molar-refractivity contribution in [3.05, 3.63) is 29.6 Å². The first-order chi connectivity index (χ1) is 8.00. The highest BCUT2D eigenvalue weighted by atomic mass is 19.1. The third-order valence-corrected chi connectivity index (χ3v) is 3.19. The molecule has 1 saturated heterocycles. The first-order valence-electron chi connectivity index (χ1n) is 5.80. The molecule has 0 saturated carbocycles. The van der Waals surface area contributed by atoms with E-state index in [1.807, 2.05) is 6.92 Å². The zero-order valence-electron chi connectivity index (χ0n) is 10.2. The number of halogens is 1. The minimum absolute atomic E-state index is 0.0437. The Labute approximate surface area is 101 Å². The number of hydrogen-bond acceptors (Lipinski definition) is 3. The molecule has 3 nitrogen and oxygen atoms in total. The largest absolute Gasteiger partial charge is 0.508 e. The van der Waals surface area contributed by atoms with Gasteiger partial charge in [-0.15, -0.1) is 0 Å². The molecule has 0 aliphatic carbocycles. The predicted molar refractivity (Wildman–Crippen MR) is 63.4 cm³/mol. The molecule has 2 N–H and O–H groups in total. The topological polar surface area (TPSA) is 41.5 Å². The van der Waals surface area contributed by atoms with E-state index >= 15 is 0 Å². The summed E-state index contributed by atoms with van der Waals surface area (Å²) in [4.78, 5) is 0. The maximum absolute atomic E-state index is 13.6. The third kappa shape index (κ3) is 2.76. The summed E-state index contributed by atoms with van der Waals surface area (Å²) in [6.07, 6.45) is 0. The molecular formula is C13H18FNO2. The van der Waals surface area contributed by atoms with Gasteiger partial charge in [-0.05, 0) is 13.0 Å². The first kappa shape index (κ1) is 12.3. The molecule has 1 atom stereocenters. The number of aromatic hydroxyl groups is 1. The van der Waals surface area contributed by atoms with Crippen molar-refractivity contribution in [2.45, 2.75) is 19.9 Å². The van der Waals surface area contributed by atoms with Crippen molar-refractivity contribution in [2.75, 3.05) is 19.8 Å². The second-order valence-corrected chi connectivity index (χ2v) is 5.11. The fraction of sp³-hybridized carbons (Fsp3) is 0.538. The van der Waals surface area contributed by atoms with Crippen molar-refractivity contribution in [3.63, 3.8) is 0 Å². The highest BCUT2D eigenvalue weighted by Gasteiger charge is 2.33. The van der Waals surface area contributed by atoms with Crippen LogP contribution in [0, 0.1) is 11.2 Å². The number of phenols is 1. The van der Waals surface area contributed by atoms with Gasteiger partial charge in [0, 0.05) is 29.6 Å². The molecule has 17 heavy (non-hydrogen) atoms. The van der Waals surface area contributed by atoms with E-state index in [4.69, 9.17) is 9.84 Å². The Morgan fingerprint density at radius 2 is 2.24 bits per heavy atom. The molecule has 1 fully saturated rings. The first-order valence-corrected chi connectivity index (χ1v) is 5.80. The molecule has 1 aliphatic rings. The highest BCUT2D eigenvalue weighted by Crippen LogP contribution is 2.27. The lowest BCUT2D eigenvalue weighted by Gasteiger charge is -2.39. The van der Waals surface area contributed by atoms with Crippen LogP contribution in [0.25, 0.3) is 0 Å². The molecule has 1 aromatic carbocycles. The molecular weight excluding hydrogens is 221 g/mol. The normalized spacial score (nSPS) is 19.7. The van der Waals surface area contributed by atoms with Gasteiger partial charge in [-0.3, -0.25) is 0 Å². The van der Waals surface area contributed by atoms with E-state index in [9.17, 15) is 4.39 Å². The number of rotatable bonds is 4. The molecule has 1 heterocycles. The van der Waals surface area contributed by atoms with Gasteiger partial charge >= 0.3 is 0 Å². The highest BCUT2D eigenvalue weighted by molar-refractivity contribution is 5.29. The zero-order valence-corrected chi connectivity index (χ0v) is 10.2. The summed E-state index contributed by atoms with van der Waals surface area (Å²) in [6.45, 7) is 6.37.